The van der Waals surface area contributed by atoms with Crippen LogP contribution in [-0.2, 0) is 4.74 Å². The molecule has 0 bridgehead atoms. The Labute approximate surface area is 214 Å². The number of likely N-dealkylation sites (tertiary alicyclic amines) is 1. The Balaban J connectivity index is 0.000000255. The Morgan fingerprint density at radius 2 is 0.824 bits per heavy atom. The van der Waals surface area contributed by atoms with Crippen molar-refractivity contribution in [3.05, 3.63) is 0 Å². The monoisotopic (exact) mass is 482 g/mol. The number of ether oxygens (including phenoxy) is 1. The van der Waals surface area contributed by atoms with Gasteiger partial charge in [-0.25, -0.2) is 0 Å². The lowest BCUT2D eigenvalue weighted by Crippen LogP contribution is -2.47. The minimum absolute atomic E-state index is 0.428. The molecule has 0 spiro atoms. The summed E-state index contributed by atoms with van der Waals surface area (Å²) in [6.45, 7) is 36.1. The highest BCUT2D eigenvalue weighted by Gasteiger charge is 2.20. The minimum Gasteiger partial charge on any atom is -0.379 e. The van der Waals surface area contributed by atoms with Crippen LogP contribution < -0.4 is 0 Å². The Kier molecular flexibility index (Phi) is 14.2. The van der Waals surface area contributed by atoms with E-state index in [1.807, 2.05) is 0 Å². The van der Waals surface area contributed by atoms with E-state index in [0.29, 0.717) is 16.2 Å². The van der Waals surface area contributed by atoms with E-state index in [1.54, 1.807) is 0 Å². The van der Waals surface area contributed by atoms with Crippen LogP contribution in [0.5, 0.6) is 0 Å². The van der Waals surface area contributed by atoms with Crippen molar-refractivity contribution in [2.75, 3.05) is 92.3 Å². The highest BCUT2D eigenvalue weighted by Crippen LogP contribution is 2.19. The molecule has 0 N–H and O–H groups in total. The van der Waals surface area contributed by atoms with E-state index in [-0.39, 0.29) is 0 Å². The quantitative estimate of drug-likeness (QED) is 0.552. The van der Waals surface area contributed by atoms with Crippen molar-refractivity contribution >= 4 is 0 Å². The van der Waals surface area contributed by atoms with E-state index in [4.69, 9.17) is 4.74 Å². The fraction of sp³-hybridized carbons (Fsp3) is 1.00. The Morgan fingerprint density at radius 1 is 0.471 bits per heavy atom. The molecule has 34 heavy (non-hydrogen) atoms. The van der Waals surface area contributed by atoms with Gasteiger partial charge in [-0.3, -0.25) is 4.90 Å². The molecular weight excluding hydrogens is 420 g/mol. The van der Waals surface area contributed by atoms with Gasteiger partial charge in [0.05, 0.1) is 13.2 Å². The number of nitrogens with zero attached hydrogens (tertiary/aromatic N) is 4. The van der Waals surface area contributed by atoms with Crippen molar-refractivity contribution in [1.82, 2.24) is 19.6 Å². The summed E-state index contributed by atoms with van der Waals surface area (Å²) >= 11 is 0. The highest BCUT2D eigenvalue weighted by molar-refractivity contribution is 4.75. The summed E-state index contributed by atoms with van der Waals surface area (Å²) in [6.07, 6.45) is 4.27. The molecule has 3 aliphatic heterocycles. The smallest absolute Gasteiger partial charge is 0.0594 e. The zero-order valence-electron chi connectivity index (χ0n) is 25.0. The van der Waals surface area contributed by atoms with Gasteiger partial charge in [-0.1, -0.05) is 68.7 Å². The third-order valence-corrected chi connectivity index (χ3v) is 6.24. The fourth-order valence-electron chi connectivity index (χ4n) is 4.90. The molecule has 3 rings (SSSR count). The lowest BCUT2D eigenvalue weighted by atomic mass is 9.95. The van der Waals surface area contributed by atoms with Crippen LogP contribution in [0.25, 0.3) is 0 Å². The third-order valence-electron chi connectivity index (χ3n) is 6.24. The molecule has 3 saturated heterocycles. The van der Waals surface area contributed by atoms with Crippen LogP contribution in [0, 0.1) is 16.2 Å². The molecule has 0 aliphatic carbocycles. The van der Waals surface area contributed by atoms with Crippen LogP contribution in [-0.4, -0.2) is 112 Å². The largest absolute Gasteiger partial charge is 0.379 e. The van der Waals surface area contributed by atoms with E-state index in [0.717, 1.165) is 26.3 Å². The first-order valence-corrected chi connectivity index (χ1v) is 14.1. The van der Waals surface area contributed by atoms with Crippen molar-refractivity contribution in [3.8, 4) is 0 Å². The summed E-state index contributed by atoms with van der Waals surface area (Å²) in [7, 11) is 2.20. The van der Waals surface area contributed by atoms with E-state index < -0.39 is 0 Å². The summed E-state index contributed by atoms with van der Waals surface area (Å²) in [5, 5.41) is 0. The Bertz CT molecular complexity index is 468. The van der Waals surface area contributed by atoms with E-state index in [2.05, 4.69) is 89.0 Å². The average molecular weight is 483 g/mol. The number of piperidine rings is 1. The number of piperazine rings is 1. The van der Waals surface area contributed by atoms with E-state index in [9.17, 15) is 0 Å². The first kappa shape index (κ1) is 31.8. The number of rotatable bonds is 3. The first-order valence-electron chi connectivity index (χ1n) is 14.1. The van der Waals surface area contributed by atoms with E-state index >= 15 is 0 Å². The normalized spacial score (nSPS) is 22.4. The molecule has 0 aromatic rings. The van der Waals surface area contributed by atoms with Gasteiger partial charge in [-0.05, 0) is 49.2 Å². The molecule has 5 heteroatoms. The lowest BCUT2D eigenvalue weighted by Gasteiger charge is -2.36. The fourth-order valence-corrected chi connectivity index (χ4v) is 4.90. The molecule has 3 heterocycles. The van der Waals surface area contributed by atoms with Crippen molar-refractivity contribution in [1.29, 1.82) is 0 Å². The van der Waals surface area contributed by atoms with Crippen molar-refractivity contribution in [2.45, 2.75) is 81.6 Å². The lowest BCUT2D eigenvalue weighted by molar-refractivity contribution is 0.0236. The predicted octanol–water partition coefficient (Wildman–Crippen LogP) is 5.16. The van der Waals surface area contributed by atoms with Gasteiger partial charge in [0.15, 0.2) is 0 Å². The molecule has 0 unspecified atom stereocenters. The van der Waals surface area contributed by atoms with E-state index in [1.165, 1.54) is 78.2 Å². The topological polar surface area (TPSA) is 22.2 Å². The molecule has 3 aliphatic rings. The first-order chi connectivity index (χ1) is 15.6. The minimum atomic E-state index is 0.428. The number of morpholine rings is 1. The summed E-state index contributed by atoms with van der Waals surface area (Å²) in [5.74, 6) is 0. The van der Waals surface area contributed by atoms with Crippen LogP contribution in [0.4, 0.5) is 0 Å². The molecule has 0 radical (unpaired) electrons. The molecule has 0 atom stereocenters. The summed E-state index contributed by atoms with van der Waals surface area (Å²) < 4.78 is 5.27. The van der Waals surface area contributed by atoms with Gasteiger partial charge < -0.3 is 19.4 Å². The highest BCUT2D eigenvalue weighted by atomic mass is 16.5. The number of likely N-dealkylation sites (N-methyl/N-ethyl adjacent to an activating group) is 1. The Hall–Kier alpha value is -0.200. The third kappa shape index (κ3) is 18.1. The molecular formula is C29H62N4O. The standard InChI is InChI=1S/C10H22N2.C10H21N.C9H19NO/c1-10(2,3)9-12-7-5-11(4)6-8-12;1-10(2,3)9-11-7-5-4-6-8-11;1-9(2,3)8-10-4-6-11-7-5-10/h5-9H2,1-4H3;4-9H2,1-3H3;4-8H2,1-3H3. The molecule has 0 aromatic heterocycles. The molecule has 3 fully saturated rings. The summed E-state index contributed by atoms with van der Waals surface area (Å²) in [6, 6.07) is 0. The SMILES string of the molecule is CC(C)(C)CN1CCCCC1.CC(C)(C)CN1CCOCC1.CN1CCN(CC(C)(C)C)CC1. The molecule has 0 amide bonds. The molecule has 0 saturated carbocycles. The maximum absolute atomic E-state index is 5.27. The van der Waals surface area contributed by atoms with Crippen LogP contribution in [0.3, 0.4) is 0 Å². The van der Waals surface area contributed by atoms with Crippen molar-refractivity contribution < 1.29 is 4.74 Å². The van der Waals surface area contributed by atoms with Gasteiger partial charge in [0.25, 0.3) is 0 Å². The van der Waals surface area contributed by atoms with Crippen LogP contribution in [0.1, 0.15) is 81.6 Å². The van der Waals surface area contributed by atoms with Crippen molar-refractivity contribution in [2.24, 2.45) is 16.2 Å². The molecule has 204 valence electrons. The second kappa shape index (κ2) is 15.1. The second-order valence-corrected chi connectivity index (χ2v) is 14.5. The maximum atomic E-state index is 5.27. The van der Waals surface area contributed by atoms with Gasteiger partial charge >= 0.3 is 0 Å². The zero-order valence-corrected chi connectivity index (χ0v) is 25.0. The molecule has 0 aromatic carbocycles. The van der Waals surface area contributed by atoms with Gasteiger partial charge in [-0.2, -0.15) is 0 Å². The molecule has 5 nitrogen and oxygen atoms in total. The van der Waals surface area contributed by atoms with Crippen LogP contribution in [0.2, 0.25) is 0 Å². The zero-order chi connectivity index (χ0) is 25.8. The predicted molar refractivity (Wildman–Crippen MR) is 150 cm³/mol. The number of hydrogen-bond donors (Lipinski definition) is 0. The van der Waals surface area contributed by atoms with Crippen LogP contribution >= 0.6 is 0 Å². The van der Waals surface area contributed by atoms with Gasteiger partial charge in [0.2, 0.25) is 0 Å². The summed E-state index contributed by atoms with van der Waals surface area (Å²) in [5.41, 5.74) is 1.37. The van der Waals surface area contributed by atoms with Gasteiger partial charge in [0, 0.05) is 58.9 Å². The average Bonchev–Trinajstić information content (AvgIpc) is 2.69. The Morgan fingerprint density at radius 3 is 1.21 bits per heavy atom. The second-order valence-electron chi connectivity index (χ2n) is 14.5. The van der Waals surface area contributed by atoms with Crippen LogP contribution in [0.15, 0.2) is 0 Å². The van der Waals surface area contributed by atoms with Gasteiger partial charge in [-0.15, -0.1) is 0 Å². The number of hydrogen-bond acceptors (Lipinski definition) is 5. The summed E-state index contributed by atoms with van der Waals surface area (Å²) in [4.78, 5) is 10.0. The maximum Gasteiger partial charge on any atom is 0.0594 e. The van der Waals surface area contributed by atoms with Crippen molar-refractivity contribution in [3.63, 3.8) is 0 Å². The van der Waals surface area contributed by atoms with Gasteiger partial charge in [0.1, 0.15) is 0 Å².